The van der Waals surface area contributed by atoms with E-state index in [1.54, 1.807) is 0 Å². The molecule has 0 aliphatic carbocycles. The largest absolute Gasteiger partial charge is 0.394 e. The van der Waals surface area contributed by atoms with Gasteiger partial charge in [-0.15, -0.1) is 0 Å². The maximum Gasteiger partial charge on any atom is 0.246 e. The summed E-state index contributed by atoms with van der Waals surface area (Å²) < 4.78 is 22.2. The number of hydrogen-bond acceptors (Lipinski definition) is 13. The van der Waals surface area contributed by atoms with Crippen molar-refractivity contribution >= 4 is 17.7 Å². The van der Waals surface area contributed by atoms with Crippen LogP contribution in [0.2, 0.25) is 0 Å². The van der Waals surface area contributed by atoms with Gasteiger partial charge in [0.2, 0.25) is 17.7 Å². The second-order valence-electron chi connectivity index (χ2n) is 10.2. The Labute approximate surface area is 224 Å². The quantitative estimate of drug-likeness (QED) is 0.146. The molecule has 0 radical (unpaired) electrons. The summed E-state index contributed by atoms with van der Waals surface area (Å²) in [5.74, 6) is -1.43. The summed E-state index contributed by atoms with van der Waals surface area (Å²) in [7, 11) is 1.41. The Balaban J connectivity index is 1.45. The molecule has 16 heteroatoms. The molecule has 0 aromatic carbocycles. The van der Waals surface area contributed by atoms with Crippen molar-refractivity contribution in [3.63, 3.8) is 0 Å². The van der Waals surface area contributed by atoms with Crippen molar-refractivity contribution in [3.8, 4) is 0 Å². The van der Waals surface area contributed by atoms with Gasteiger partial charge in [-0.3, -0.25) is 14.4 Å². The van der Waals surface area contributed by atoms with Gasteiger partial charge in [0.15, 0.2) is 12.6 Å². The van der Waals surface area contributed by atoms with E-state index in [-0.39, 0.29) is 25.9 Å². The summed E-state index contributed by atoms with van der Waals surface area (Å²) in [6.45, 7) is 0.113. The Kier molecular flexibility index (Phi) is 9.42. The molecule has 222 valence electrons. The Bertz CT molecular complexity index is 910. The van der Waals surface area contributed by atoms with Crippen LogP contribution in [0.5, 0.6) is 0 Å². The second kappa shape index (κ2) is 12.3. The van der Waals surface area contributed by atoms with Crippen LogP contribution in [0.3, 0.4) is 0 Å². The van der Waals surface area contributed by atoms with Crippen molar-refractivity contribution in [2.24, 2.45) is 0 Å². The lowest BCUT2D eigenvalue weighted by Crippen LogP contribution is -2.52. The molecule has 0 aromatic heterocycles. The number of aliphatic hydroxyl groups is 6. The molecule has 3 amide bonds. The first-order chi connectivity index (χ1) is 18.5. The lowest BCUT2D eigenvalue weighted by Gasteiger charge is -2.30. The van der Waals surface area contributed by atoms with Crippen LogP contribution < -0.4 is 5.32 Å². The fraction of sp³-hybridized carbons (Fsp3) is 0.870. The molecule has 4 saturated heterocycles. The molecule has 4 rings (SSSR count). The Morgan fingerprint density at radius 1 is 0.795 bits per heavy atom. The van der Waals surface area contributed by atoms with Gasteiger partial charge in [-0.05, 0) is 0 Å². The van der Waals surface area contributed by atoms with E-state index in [0.717, 1.165) is 0 Å². The number of likely N-dealkylation sites (N-methyl/N-ethyl adjacent to an activating group) is 1. The summed E-state index contributed by atoms with van der Waals surface area (Å²) in [6.07, 6.45) is -11.7. The fourth-order valence-electron chi connectivity index (χ4n) is 5.56. The Hall–Kier alpha value is -1.99. The molecule has 4 fully saturated rings. The minimum Gasteiger partial charge on any atom is -0.394 e. The molecule has 16 nitrogen and oxygen atoms in total. The third-order valence-electron chi connectivity index (χ3n) is 7.70. The van der Waals surface area contributed by atoms with E-state index < -0.39 is 104 Å². The average Bonchev–Trinajstić information content (AvgIpc) is 3.66. The van der Waals surface area contributed by atoms with Crippen LogP contribution in [0, 0.1) is 0 Å². The van der Waals surface area contributed by atoms with Gasteiger partial charge < -0.3 is 64.7 Å². The molecule has 39 heavy (non-hydrogen) atoms. The summed E-state index contributed by atoms with van der Waals surface area (Å²) in [6, 6.07) is -1.97. The average molecular weight is 564 g/mol. The topological polar surface area (TPSA) is 228 Å². The van der Waals surface area contributed by atoms with Crippen LogP contribution in [0.4, 0.5) is 0 Å². The summed E-state index contributed by atoms with van der Waals surface area (Å²) >= 11 is 0. The third kappa shape index (κ3) is 5.90. The first-order valence-corrected chi connectivity index (χ1v) is 12.9. The van der Waals surface area contributed by atoms with Crippen LogP contribution in [0.25, 0.3) is 0 Å². The minimum absolute atomic E-state index is 0.0147. The van der Waals surface area contributed by atoms with Crippen LogP contribution in [0.1, 0.15) is 19.8 Å². The van der Waals surface area contributed by atoms with Gasteiger partial charge in [0.05, 0.1) is 25.4 Å². The van der Waals surface area contributed by atoms with Gasteiger partial charge in [0.1, 0.15) is 48.7 Å². The highest BCUT2D eigenvalue weighted by molar-refractivity contribution is 5.92. The molecule has 4 aliphatic heterocycles. The van der Waals surface area contributed by atoms with E-state index in [4.69, 9.17) is 18.9 Å². The first-order valence-electron chi connectivity index (χ1n) is 12.9. The van der Waals surface area contributed by atoms with E-state index >= 15 is 0 Å². The van der Waals surface area contributed by atoms with Gasteiger partial charge in [-0.1, -0.05) is 0 Å². The summed E-state index contributed by atoms with van der Waals surface area (Å²) in [5, 5.41) is 61.5. The summed E-state index contributed by atoms with van der Waals surface area (Å²) in [5.41, 5.74) is 0. The van der Waals surface area contributed by atoms with Gasteiger partial charge in [-0.25, -0.2) is 0 Å². The maximum absolute atomic E-state index is 13.7. The summed E-state index contributed by atoms with van der Waals surface area (Å²) in [4.78, 5) is 41.4. The number of likely N-dealkylation sites (tertiary alicyclic amines) is 2. The predicted octanol–water partition coefficient (Wildman–Crippen LogP) is -5.40. The van der Waals surface area contributed by atoms with Gasteiger partial charge in [0, 0.05) is 39.9 Å². The molecular weight excluding hydrogens is 526 g/mol. The highest BCUT2D eigenvalue weighted by atomic mass is 16.7. The number of hydrogen-bond donors (Lipinski definition) is 7. The van der Waals surface area contributed by atoms with Gasteiger partial charge >= 0.3 is 0 Å². The number of nitrogens with one attached hydrogen (secondary N) is 1. The lowest BCUT2D eigenvalue weighted by atomic mass is 10.1. The minimum atomic E-state index is -1.44. The first kappa shape index (κ1) is 30.0. The van der Waals surface area contributed by atoms with Crippen LogP contribution in [0.15, 0.2) is 0 Å². The van der Waals surface area contributed by atoms with E-state index in [0.29, 0.717) is 0 Å². The van der Waals surface area contributed by atoms with Crippen LogP contribution in [-0.4, -0.2) is 165 Å². The molecular formula is C23H37N3O13. The van der Waals surface area contributed by atoms with Crippen molar-refractivity contribution in [3.05, 3.63) is 0 Å². The lowest BCUT2D eigenvalue weighted by molar-refractivity contribution is -0.191. The standard InChI is InChI=1S/C23H37N3O13/c1-9(29)25-5-11(37-23-19(33)17(31)15(8-28)39-23)4-13(25)21(35)26-6-10(3-12(26)20(34)24-2)36-22-18(32)16(30)14(7-27)38-22/h10-19,22-23,27-28,30-33H,3-8H2,1-2H3,(H,24,34)/t10-,11-,12+,13+,14+,15+,16+,17+,18-,19-,22+,23+/m1/s1. The number of carbonyl (C=O) groups excluding carboxylic acids is 3. The number of amides is 3. The molecule has 12 atom stereocenters. The van der Waals surface area contributed by atoms with E-state index in [9.17, 15) is 45.0 Å². The molecule has 0 aromatic rings. The third-order valence-corrected chi connectivity index (χ3v) is 7.70. The normalized spacial score (nSPS) is 42.4. The molecule has 7 N–H and O–H groups in total. The molecule has 0 spiro atoms. The number of ether oxygens (including phenoxy) is 4. The fourth-order valence-corrected chi connectivity index (χ4v) is 5.56. The van der Waals surface area contributed by atoms with Crippen molar-refractivity contribution < 1.29 is 64.0 Å². The van der Waals surface area contributed by atoms with Gasteiger partial charge in [-0.2, -0.15) is 0 Å². The Morgan fingerprint density at radius 2 is 1.26 bits per heavy atom. The molecule has 0 saturated carbocycles. The zero-order chi connectivity index (χ0) is 28.6. The maximum atomic E-state index is 13.7. The van der Waals surface area contributed by atoms with Crippen molar-refractivity contribution in [1.29, 1.82) is 0 Å². The van der Waals surface area contributed by atoms with E-state index in [1.807, 2.05) is 0 Å². The van der Waals surface area contributed by atoms with Crippen molar-refractivity contribution in [2.45, 2.75) is 93.3 Å². The molecule has 0 bridgehead atoms. The highest BCUT2D eigenvalue weighted by Crippen LogP contribution is 2.32. The zero-order valence-electron chi connectivity index (χ0n) is 21.6. The molecule has 4 heterocycles. The van der Waals surface area contributed by atoms with Gasteiger partial charge in [0.25, 0.3) is 0 Å². The van der Waals surface area contributed by atoms with E-state index in [1.165, 1.54) is 23.8 Å². The Morgan fingerprint density at radius 3 is 1.67 bits per heavy atom. The zero-order valence-corrected chi connectivity index (χ0v) is 21.6. The SMILES string of the molecule is CNC(=O)[C@@H]1C[C@@H](O[C@H]2O[C@@H](CO)[C@H](O)[C@H]2O)CN1C(=O)[C@@H]1C[C@@H](O[C@H]2O[C@@H](CO)[C@H](O)[C@H]2O)CN1C(C)=O. The second-order valence-corrected chi connectivity index (χ2v) is 10.2. The van der Waals surface area contributed by atoms with Crippen molar-refractivity contribution in [2.75, 3.05) is 33.4 Å². The van der Waals surface area contributed by atoms with E-state index in [2.05, 4.69) is 5.32 Å². The predicted molar refractivity (Wildman–Crippen MR) is 125 cm³/mol. The number of carbonyl (C=O) groups is 3. The smallest absolute Gasteiger partial charge is 0.246 e. The van der Waals surface area contributed by atoms with Crippen LogP contribution in [-0.2, 0) is 33.3 Å². The van der Waals surface area contributed by atoms with Crippen molar-refractivity contribution in [1.82, 2.24) is 15.1 Å². The molecule has 4 aliphatic rings. The number of rotatable bonds is 8. The van der Waals surface area contributed by atoms with Crippen LogP contribution >= 0.6 is 0 Å². The molecule has 0 unspecified atom stereocenters. The highest BCUT2D eigenvalue weighted by Gasteiger charge is 2.51. The number of nitrogens with zero attached hydrogens (tertiary/aromatic N) is 2. The number of aliphatic hydroxyl groups excluding tert-OH is 6. The monoisotopic (exact) mass is 563 g/mol.